The van der Waals surface area contributed by atoms with Crippen LogP contribution in [0.25, 0.3) is 0 Å². The number of carbonyl (C=O) groups excluding carboxylic acids is 3. The van der Waals surface area contributed by atoms with Crippen LogP contribution in [0.2, 0.25) is 0 Å². The molecule has 0 aliphatic heterocycles. The Balaban J connectivity index is 1.73. The Morgan fingerprint density at radius 1 is 1.04 bits per heavy atom. The second-order valence-electron chi connectivity index (χ2n) is 4.45. The van der Waals surface area contributed by atoms with Crippen LogP contribution in [-0.4, -0.2) is 38.1 Å². The average molecular weight is 333 g/mol. The van der Waals surface area contributed by atoms with E-state index in [0.717, 1.165) is 0 Å². The highest BCUT2D eigenvalue weighted by Crippen LogP contribution is 2.25. The number of para-hydroxylation sites is 2. The Labute approximate surface area is 137 Å². The predicted molar refractivity (Wildman–Crippen MR) is 80.6 cm³/mol. The zero-order valence-electron chi connectivity index (χ0n) is 12.8. The fourth-order valence-electron chi connectivity index (χ4n) is 1.69. The van der Waals surface area contributed by atoms with Crippen molar-refractivity contribution >= 4 is 17.8 Å². The minimum atomic E-state index is -0.776. The van der Waals surface area contributed by atoms with E-state index in [9.17, 15) is 14.4 Å². The molecule has 126 valence electrons. The third-order valence-corrected chi connectivity index (χ3v) is 2.78. The van der Waals surface area contributed by atoms with E-state index in [1.165, 1.54) is 25.5 Å². The molecule has 0 fully saturated rings. The second kappa shape index (κ2) is 8.37. The van der Waals surface area contributed by atoms with E-state index in [0.29, 0.717) is 11.5 Å². The number of imide groups is 1. The van der Waals surface area contributed by atoms with Gasteiger partial charge in [0.1, 0.15) is 0 Å². The lowest BCUT2D eigenvalue weighted by molar-refractivity contribution is -0.150. The van der Waals surface area contributed by atoms with Gasteiger partial charge in [0.25, 0.3) is 11.8 Å². The monoisotopic (exact) mass is 333 g/mol. The molecule has 0 unspecified atom stereocenters. The van der Waals surface area contributed by atoms with Crippen molar-refractivity contribution in [3.63, 3.8) is 0 Å². The molecule has 8 heteroatoms. The highest BCUT2D eigenvalue weighted by Gasteiger charge is 2.15. The minimum Gasteiger partial charge on any atom is -0.493 e. The summed E-state index contributed by atoms with van der Waals surface area (Å²) in [5, 5.41) is 2.02. The van der Waals surface area contributed by atoms with Crippen LogP contribution in [0, 0.1) is 0 Å². The molecule has 0 aliphatic carbocycles. The highest BCUT2D eigenvalue weighted by molar-refractivity contribution is 6.03. The van der Waals surface area contributed by atoms with Crippen LogP contribution in [0.1, 0.15) is 10.6 Å². The molecular formula is C16H15NO7. The van der Waals surface area contributed by atoms with Crippen molar-refractivity contribution in [2.75, 3.05) is 20.3 Å². The van der Waals surface area contributed by atoms with Gasteiger partial charge in [-0.1, -0.05) is 12.1 Å². The maximum atomic E-state index is 11.6. The van der Waals surface area contributed by atoms with E-state index < -0.39 is 31.0 Å². The molecule has 0 spiro atoms. The number of carbonyl (C=O) groups is 3. The number of hydrogen-bond donors (Lipinski definition) is 1. The number of benzene rings is 1. The first-order valence-electron chi connectivity index (χ1n) is 6.89. The maximum absolute atomic E-state index is 11.6. The van der Waals surface area contributed by atoms with Gasteiger partial charge in [0.15, 0.2) is 30.5 Å². The molecule has 1 aromatic carbocycles. The van der Waals surface area contributed by atoms with Gasteiger partial charge in [0.2, 0.25) is 0 Å². The van der Waals surface area contributed by atoms with Gasteiger partial charge >= 0.3 is 5.97 Å². The van der Waals surface area contributed by atoms with Crippen molar-refractivity contribution in [1.82, 2.24) is 5.32 Å². The van der Waals surface area contributed by atoms with Crippen molar-refractivity contribution < 1.29 is 33.0 Å². The van der Waals surface area contributed by atoms with Crippen LogP contribution in [0.3, 0.4) is 0 Å². The van der Waals surface area contributed by atoms with E-state index in [2.05, 4.69) is 0 Å². The van der Waals surface area contributed by atoms with Gasteiger partial charge in [-0.05, 0) is 24.3 Å². The summed E-state index contributed by atoms with van der Waals surface area (Å²) in [6.45, 7) is -1.01. The van der Waals surface area contributed by atoms with E-state index in [4.69, 9.17) is 18.6 Å². The SMILES string of the molecule is COc1ccccc1OCC(=O)OCC(=O)NC(=O)c1ccco1. The smallest absolute Gasteiger partial charge is 0.344 e. The molecular weight excluding hydrogens is 318 g/mol. The first-order chi connectivity index (χ1) is 11.6. The van der Waals surface area contributed by atoms with Crippen molar-refractivity contribution in [1.29, 1.82) is 0 Å². The van der Waals surface area contributed by atoms with Crippen LogP contribution in [0.15, 0.2) is 47.1 Å². The normalized spacial score (nSPS) is 9.88. The summed E-state index contributed by atoms with van der Waals surface area (Å²) in [6.07, 6.45) is 1.30. The minimum absolute atomic E-state index is 0.0193. The summed E-state index contributed by atoms with van der Waals surface area (Å²) in [4.78, 5) is 34.6. The molecule has 0 bridgehead atoms. The Morgan fingerprint density at radius 3 is 2.46 bits per heavy atom. The van der Waals surface area contributed by atoms with E-state index in [-0.39, 0.29) is 5.76 Å². The average Bonchev–Trinajstić information content (AvgIpc) is 3.13. The van der Waals surface area contributed by atoms with Crippen LogP contribution >= 0.6 is 0 Å². The molecule has 2 aromatic rings. The number of nitrogens with one attached hydrogen (secondary N) is 1. The molecule has 1 heterocycles. The van der Waals surface area contributed by atoms with Gasteiger partial charge in [-0.15, -0.1) is 0 Å². The summed E-state index contributed by atoms with van der Waals surface area (Å²) in [7, 11) is 1.47. The zero-order chi connectivity index (χ0) is 17.4. The van der Waals surface area contributed by atoms with Gasteiger partial charge < -0.3 is 18.6 Å². The van der Waals surface area contributed by atoms with Gasteiger partial charge in [0.05, 0.1) is 13.4 Å². The molecule has 0 saturated carbocycles. The molecule has 1 aromatic heterocycles. The molecule has 24 heavy (non-hydrogen) atoms. The number of hydrogen-bond acceptors (Lipinski definition) is 7. The van der Waals surface area contributed by atoms with E-state index in [1.807, 2.05) is 5.32 Å². The molecule has 0 atom stereocenters. The molecule has 2 amide bonds. The van der Waals surface area contributed by atoms with E-state index in [1.54, 1.807) is 24.3 Å². The second-order valence-corrected chi connectivity index (χ2v) is 4.45. The molecule has 1 N–H and O–H groups in total. The van der Waals surface area contributed by atoms with Gasteiger partial charge in [-0.25, -0.2) is 4.79 Å². The Hall–Kier alpha value is -3.29. The lowest BCUT2D eigenvalue weighted by Crippen LogP contribution is -2.34. The zero-order valence-corrected chi connectivity index (χ0v) is 12.8. The largest absolute Gasteiger partial charge is 0.493 e. The summed E-state index contributed by atoms with van der Waals surface area (Å²) in [6, 6.07) is 9.68. The van der Waals surface area contributed by atoms with Gasteiger partial charge in [0, 0.05) is 0 Å². The molecule has 8 nitrogen and oxygen atoms in total. The topological polar surface area (TPSA) is 104 Å². The van der Waals surface area contributed by atoms with Gasteiger partial charge in [-0.2, -0.15) is 0 Å². The fourth-order valence-corrected chi connectivity index (χ4v) is 1.69. The summed E-state index contributed by atoms with van der Waals surface area (Å²) in [5.41, 5.74) is 0. The Bertz CT molecular complexity index is 709. The molecule has 0 radical (unpaired) electrons. The predicted octanol–water partition coefficient (Wildman–Crippen LogP) is 1.17. The van der Waals surface area contributed by atoms with Crippen molar-refractivity contribution in [3.05, 3.63) is 48.4 Å². The standard InChI is InChI=1S/C16H15NO7/c1-21-11-5-2-3-6-12(11)23-10-15(19)24-9-14(18)17-16(20)13-7-4-8-22-13/h2-8H,9-10H2,1H3,(H,17,18,20). The summed E-state index contributed by atoms with van der Waals surface area (Å²) >= 11 is 0. The lowest BCUT2D eigenvalue weighted by atomic mass is 10.3. The molecule has 2 rings (SSSR count). The summed E-state index contributed by atoms with van der Waals surface area (Å²) < 4.78 is 19.9. The van der Waals surface area contributed by atoms with Crippen LogP contribution in [0.5, 0.6) is 11.5 Å². The van der Waals surface area contributed by atoms with Crippen molar-refractivity contribution in [2.45, 2.75) is 0 Å². The number of ether oxygens (including phenoxy) is 3. The van der Waals surface area contributed by atoms with Crippen LogP contribution < -0.4 is 14.8 Å². The molecule has 0 aliphatic rings. The Kier molecular flexibility index (Phi) is 5.95. The lowest BCUT2D eigenvalue weighted by Gasteiger charge is -2.10. The summed E-state index contributed by atoms with van der Waals surface area (Å²) in [5.74, 6) is -1.44. The third kappa shape index (κ3) is 4.87. The quantitative estimate of drug-likeness (QED) is 0.758. The number of esters is 1. The first kappa shape index (κ1) is 17.1. The maximum Gasteiger partial charge on any atom is 0.344 e. The first-order valence-corrected chi connectivity index (χ1v) is 6.89. The van der Waals surface area contributed by atoms with E-state index >= 15 is 0 Å². The number of methoxy groups -OCH3 is 1. The van der Waals surface area contributed by atoms with Crippen LogP contribution in [-0.2, 0) is 14.3 Å². The number of furan rings is 1. The van der Waals surface area contributed by atoms with Crippen molar-refractivity contribution in [2.24, 2.45) is 0 Å². The van der Waals surface area contributed by atoms with Crippen molar-refractivity contribution in [3.8, 4) is 11.5 Å². The van der Waals surface area contributed by atoms with Crippen LogP contribution in [0.4, 0.5) is 0 Å². The molecule has 0 saturated heterocycles. The third-order valence-electron chi connectivity index (χ3n) is 2.78. The number of rotatable bonds is 7. The number of amides is 2. The van der Waals surface area contributed by atoms with Gasteiger partial charge in [-0.3, -0.25) is 14.9 Å². The highest BCUT2D eigenvalue weighted by atomic mass is 16.6. The fraction of sp³-hybridized carbons (Fsp3) is 0.188. The Morgan fingerprint density at radius 2 is 1.79 bits per heavy atom.